The molecule has 5 rings (SSSR count). The van der Waals surface area contributed by atoms with Crippen LogP contribution in [0.4, 0.5) is 25.1 Å². The summed E-state index contributed by atoms with van der Waals surface area (Å²) < 4.78 is 59.0. The molecule has 3 N–H and O–H groups in total. The van der Waals surface area contributed by atoms with Gasteiger partial charge in [0.1, 0.15) is 16.9 Å². The zero-order valence-corrected chi connectivity index (χ0v) is 19.5. The predicted octanol–water partition coefficient (Wildman–Crippen LogP) is 2.96. The summed E-state index contributed by atoms with van der Waals surface area (Å²) in [6.07, 6.45) is -4.84. The van der Waals surface area contributed by atoms with E-state index in [9.17, 15) is 23.1 Å². The first-order chi connectivity index (χ1) is 17.6. The Kier molecular flexibility index (Phi) is 6.39. The number of fused-ring (bicyclic) bond motifs is 2. The Bertz CT molecular complexity index is 1450. The molecule has 1 saturated heterocycles. The standard InChI is InChI=1S/C23H22F3N5O6/c1-34-7-6-27-19(32)13-2-5-17-16(8-13)28-20(31(17)10-22(33)11-35-12-22)30-21-29-15-4-3-14(9-18(15)36-21)37-23(24,25)26/h2-5,8-9,33H,6-7,10-12H2,1H3,(H,27,32)(H,28,29,30). The zero-order valence-electron chi connectivity index (χ0n) is 19.5. The Morgan fingerprint density at radius 1 is 1.19 bits per heavy atom. The largest absolute Gasteiger partial charge is 0.573 e. The SMILES string of the molecule is COCCNC(=O)c1ccc2c(c1)nc(Nc1nc3ccc(OC(F)(F)F)cc3o1)n2CC1(O)COC1. The molecule has 1 aliphatic heterocycles. The number of oxazole rings is 1. The molecule has 1 amide bonds. The summed E-state index contributed by atoms with van der Waals surface area (Å²) in [5, 5.41) is 16.4. The van der Waals surface area contributed by atoms with Gasteiger partial charge >= 0.3 is 12.4 Å². The number of hydrogen-bond donors (Lipinski definition) is 3. The summed E-state index contributed by atoms with van der Waals surface area (Å²) >= 11 is 0. The van der Waals surface area contributed by atoms with Crippen LogP contribution in [0.1, 0.15) is 10.4 Å². The maximum atomic E-state index is 12.6. The average Bonchev–Trinajstić information content (AvgIpc) is 3.36. The van der Waals surface area contributed by atoms with E-state index in [4.69, 9.17) is 13.9 Å². The number of halogens is 3. The van der Waals surface area contributed by atoms with Gasteiger partial charge in [0.25, 0.3) is 5.91 Å². The van der Waals surface area contributed by atoms with E-state index >= 15 is 0 Å². The normalized spacial score (nSPS) is 15.1. The van der Waals surface area contributed by atoms with Crippen molar-refractivity contribution in [3.05, 3.63) is 42.0 Å². The average molecular weight is 521 g/mol. The lowest BCUT2D eigenvalue weighted by Crippen LogP contribution is -2.52. The molecule has 0 unspecified atom stereocenters. The minimum absolute atomic E-state index is 0.0369. The van der Waals surface area contributed by atoms with Gasteiger partial charge in [-0.1, -0.05) is 0 Å². The number of amides is 1. The van der Waals surface area contributed by atoms with E-state index in [1.54, 1.807) is 22.8 Å². The van der Waals surface area contributed by atoms with Gasteiger partial charge in [-0.25, -0.2) is 4.98 Å². The lowest BCUT2D eigenvalue weighted by atomic mass is 10.0. The molecule has 0 saturated carbocycles. The van der Waals surface area contributed by atoms with Gasteiger partial charge in [-0.15, -0.1) is 13.2 Å². The maximum absolute atomic E-state index is 12.6. The number of alkyl halides is 3. The van der Waals surface area contributed by atoms with Crippen molar-refractivity contribution < 1.29 is 41.7 Å². The van der Waals surface area contributed by atoms with E-state index in [2.05, 4.69) is 25.3 Å². The second-order valence-electron chi connectivity index (χ2n) is 8.51. The molecule has 4 aromatic rings. The molecular weight excluding hydrogens is 499 g/mol. The fourth-order valence-electron chi connectivity index (χ4n) is 3.87. The Labute approximate surface area is 207 Å². The van der Waals surface area contributed by atoms with Crippen molar-refractivity contribution in [3.63, 3.8) is 0 Å². The third-order valence-electron chi connectivity index (χ3n) is 5.61. The first-order valence-corrected chi connectivity index (χ1v) is 11.1. The predicted molar refractivity (Wildman–Crippen MR) is 124 cm³/mol. The van der Waals surface area contributed by atoms with Gasteiger partial charge in [-0.05, 0) is 30.3 Å². The van der Waals surface area contributed by atoms with Crippen LogP contribution in [0.2, 0.25) is 0 Å². The van der Waals surface area contributed by atoms with E-state index in [0.29, 0.717) is 35.3 Å². The first-order valence-electron chi connectivity index (χ1n) is 11.1. The number of imidazole rings is 1. The van der Waals surface area contributed by atoms with Crippen LogP contribution in [-0.2, 0) is 16.0 Å². The molecule has 14 heteroatoms. The number of rotatable bonds is 9. The molecule has 196 valence electrons. The van der Waals surface area contributed by atoms with Crippen LogP contribution in [-0.4, -0.2) is 71.0 Å². The van der Waals surface area contributed by atoms with Crippen LogP contribution >= 0.6 is 0 Å². The Balaban J connectivity index is 1.46. The number of carbonyl (C=O) groups is 1. The van der Waals surface area contributed by atoms with E-state index in [-0.39, 0.29) is 43.2 Å². The lowest BCUT2D eigenvalue weighted by molar-refractivity contribution is -0.274. The number of aliphatic hydroxyl groups is 1. The quantitative estimate of drug-likeness (QED) is 0.284. The van der Waals surface area contributed by atoms with Crippen molar-refractivity contribution >= 4 is 40.0 Å². The zero-order chi connectivity index (χ0) is 26.2. The number of anilines is 2. The lowest BCUT2D eigenvalue weighted by Gasteiger charge is -2.36. The Morgan fingerprint density at radius 3 is 2.70 bits per heavy atom. The molecule has 2 aromatic heterocycles. The number of aromatic nitrogens is 3. The summed E-state index contributed by atoms with van der Waals surface area (Å²) in [6, 6.07) is 8.44. The first kappa shape index (κ1) is 24.8. The van der Waals surface area contributed by atoms with Crippen molar-refractivity contribution in [3.8, 4) is 5.75 Å². The Morgan fingerprint density at radius 2 is 2.00 bits per heavy atom. The van der Waals surface area contributed by atoms with Crippen molar-refractivity contribution in [2.24, 2.45) is 0 Å². The van der Waals surface area contributed by atoms with Crippen LogP contribution in [0.15, 0.2) is 40.8 Å². The topological polar surface area (TPSA) is 133 Å². The number of nitrogens with zero attached hydrogens (tertiary/aromatic N) is 3. The number of benzene rings is 2. The highest BCUT2D eigenvalue weighted by molar-refractivity contribution is 5.97. The number of nitrogens with one attached hydrogen (secondary N) is 2. The van der Waals surface area contributed by atoms with Gasteiger partial charge in [-0.2, -0.15) is 4.98 Å². The van der Waals surface area contributed by atoms with Crippen LogP contribution in [0.25, 0.3) is 22.1 Å². The number of methoxy groups -OCH3 is 1. The molecular formula is C23H22F3N5O6. The fourth-order valence-corrected chi connectivity index (χ4v) is 3.87. The number of hydrogen-bond acceptors (Lipinski definition) is 9. The number of ether oxygens (including phenoxy) is 3. The van der Waals surface area contributed by atoms with Crippen molar-refractivity contribution in [2.75, 3.05) is 38.8 Å². The summed E-state index contributed by atoms with van der Waals surface area (Å²) in [5.74, 6) is -0.506. The van der Waals surface area contributed by atoms with E-state index in [1.165, 1.54) is 13.2 Å². The summed E-state index contributed by atoms with van der Waals surface area (Å²) in [5.41, 5.74) is 0.694. The third-order valence-corrected chi connectivity index (χ3v) is 5.61. The second kappa shape index (κ2) is 9.53. The molecule has 1 aliphatic rings. The van der Waals surface area contributed by atoms with Gasteiger partial charge < -0.3 is 33.6 Å². The molecule has 1 fully saturated rings. The van der Waals surface area contributed by atoms with E-state index in [0.717, 1.165) is 12.1 Å². The van der Waals surface area contributed by atoms with Crippen LogP contribution in [0.5, 0.6) is 5.75 Å². The molecule has 0 radical (unpaired) electrons. The molecule has 3 heterocycles. The third kappa shape index (κ3) is 5.45. The minimum Gasteiger partial charge on any atom is -0.423 e. The molecule has 0 spiro atoms. The molecule has 0 atom stereocenters. The van der Waals surface area contributed by atoms with Gasteiger partial charge in [-0.3, -0.25) is 10.1 Å². The van der Waals surface area contributed by atoms with Crippen LogP contribution in [0, 0.1) is 0 Å². The highest BCUT2D eigenvalue weighted by atomic mass is 19.4. The van der Waals surface area contributed by atoms with Crippen LogP contribution < -0.4 is 15.4 Å². The Hall–Kier alpha value is -3.88. The molecule has 11 nitrogen and oxygen atoms in total. The van der Waals surface area contributed by atoms with Crippen LogP contribution in [0.3, 0.4) is 0 Å². The smallest absolute Gasteiger partial charge is 0.423 e. The van der Waals surface area contributed by atoms with Crippen molar-refractivity contribution in [1.29, 1.82) is 0 Å². The highest BCUT2D eigenvalue weighted by Gasteiger charge is 2.38. The van der Waals surface area contributed by atoms with Gasteiger partial charge in [0.15, 0.2) is 5.58 Å². The van der Waals surface area contributed by atoms with Gasteiger partial charge in [0, 0.05) is 25.3 Å². The second-order valence-corrected chi connectivity index (χ2v) is 8.51. The maximum Gasteiger partial charge on any atom is 0.573 e. The fraction of sp³-hybridized carbons (Fsp3) is 0.348. The van der Waals surface area contributed by atoms with Gasteiger partial charge in [0.2, 0.25) is 5.95 Å². The molecule has 0 bridgehead atoms. The molecule has 2 aromatic carbocycles. The van der Waals surface area contributed by atoms with E-state index in [1.807, 2.05) is 0 Å². The molecule has 0 aliphatic carbocycles. The van der Waals surface area contributed by atoms with E-state index < -0.39 is 17.7 Å². The minimum atomic E-state index is -4.84. The monoisotopic (exact) mass is 521 g/mol. The summed E-state index contributed by atoms with van der Waals surface area (Å²) in [6.45, 7) is 1.10. The summed E-state index contributed by atoms with van der Waals surface area (Å²) in [4.78, 5) is 21.3. The number of carbonyl (C=O) groups excluding carboxylic acids is 1. The van der Waals surface area contributed by atoms with Crippen molar-refractivity contribution in [2.45, 2.75) is 18.5 Å². The highest BCUT2D eigenvalue weighted by Crippen LogP contribution is 2.31. The van der Waals surface area contributed by atoms with Crippen molar-refractivity contribution in [1.82, 2.24) is 19.9 Å². The van der Waals surface area contributed by atoms with Gasteiger partial charge in [0.05, 0.1) is 37.4 Å². The summed E-state index contributed by atoms with van der Waals surface area (Å²) in [7, 11) is 1.53. The molecule has 37 heavy (non-hydrogen) atoms.